The Morgan fingerprint density at radius 1 is 1.32 bits per heavy atom. The van der Waals surface area contributed by atoms with Gasteiger partial charge in [-0.15, -0.1) is 11.3 Å². The Kier molecular flexibility index (Phi) is 4.67. The summed E-state index contributed by atoms with van der Waals surface area (Å²) in [4.78, 5) is 20.1. The summed E-state index contributed by atoms with van der Waals surface area (Å²) in [6, 6.07) is 7.23. The van der Waals surface area contributed by atoms with Crippen molar-refractivity contribution in [3.05, 3.63) is 44.9 Å². The Bertz CT molecular complexity index is 765. The van der Waals surface area contributed by atoms with Crippen molar-refractivity contribution in [1.82, 2.24) is 15.2 Å². The zero-order valence-corrected chi connectivity index (χ0v) is 15.6. The number of carbonyl (C=O) groups is 1. The first-order valence-electron chi connectivity index (χ1n) is 8.45. The second-order valence-corrected chi connectivity index (χ2v) is 8.17. The topological polar surface area (TPSA) is 54.5 Å². The molecular formula is C18H20ClN3O2S. The summed E-state index contributed by atoms with van der Waals surface area (Å²) in [5, 5.41) is 4.90. The lowest BCUT2D eigenvalue weighted by atomic mass is 10.0. The normalized spacial score (nSPS) is 22.2. The summed E-state index contributed by atoms with van der Waals surface area (Å²) in [5.41, 5.74) is 0.792. The third kappa shape index (κ3) is 3.52. The van der Waals surface area contributed by atoms with E-state index in [-0.39, 0.29) is 5.91 Å². The van der Waals surface area contributed by atoms with Gasteiger partial charge in [0.2, 0.25) is 0 Å². The van der Waals surface area contributed by atoms with Gasteiger partial charge in [-0.25, -0.2) is 4.98 Å². The average Bonchev–Trinajstić information content (AvgIpc) is 3.28. The third-order valence-corrected chi connectivity index (χ3v) is 6.26. The van der Waals surface area contributed by atoms with E-state index in [9.17, 15) is 4.79 Å². The molecule has 2 aliphatic heterocycles. The van der Waals surface area contributed by atoms with Gasteiger partial charge in [0.25, 0.3) is 5.91 Å². The Hall–Kier alpha value is -1.63. The Labute approximate surface area is 156 Å². The standard InChI is InChI=1S/C18H20ClN3O2S/c1-11-17(18(23)22-8-12-6-20-7-13(12)9-22)25-16(21-11)10-24-15-4-2-14(19)3-5-15/h2-5,12-13,20H,6-10H2,1H3/t12-,13+. The van der Waals surface area contributed by atoms with Crippen LogP contribution in [0.1, 0.15) is 20.4 Å². The van der Waals surface area contributed by atoms with Crippen molar-refractivity contribution in [3.8, 4) is 5.75 Å². The van der Waals surface area contributed by atoms with Gasteiger partial charge in [-0.2, -0.15) is 0 Å². The minimum Gasteiger partial charge on any atom is -0.486 e. The minimum absolute atomic E-state index is 0.113. The smallest absolute Gasteiger partial charge is 0.265 e. The molecule has 25 heavy (non-hydrogen) atoms. The lowest BCUT2D eigenvalue weighted by Crippen LogP contribution is -2.31. The molecule has 1 N–H and O–H groups in total. The van der Waals surface area contributed by atoms with E-state index in [1.807, 2.05) is 24.0 Å². The van der Waals surface area contributed by atoms with Crippen molar-refractivity contribution in [2.24, 2.45) is 11.8 Å². The molecule has 1 aromatic carbocycles. The number of fused-ring (bicyclic) bond motifs is 1. The molecule has 5 nitrogen and oxygen atoms in total. The Morgan fingerprint density at radius 2 is 2.00 bits per heavy atom. The summed E-state index contributed by atoms with van der Waals surface area (Å²) in [6.07, 6.45) is 0. The molecule has 0 radical (unpaired) electrons. The highest BCUT2D eigenvalue weighted by molar-refractivity contribution is 7.13. The SMILES string of the molecule is Cc1nc(COc2ccc(Cl)cc2)sc1C(=O)N1C[C@H]2CNC[C@H]2C1. The third-order valence-electron chi connectivity index (χ3n) is 4.89. The monoisotopic (exact) mass is 377 g/mol. The highest BCUT2D eigenvalue weighted by Crippen LogP contribution is 2.29. The van der Waals surface area contributed by atoms with Gasteiger partial charge in [-0.3, -0.25) is 4.79 Å². The molecule has 1 aromatic heterocycles. The fourth-order valence-electron chi connectivity index (χ4n) is 3.55. The number of halogens is 1. The largest absolute Gasteiger partial charge is 0.486 e. The van der Waals surface area contributed by atoms with Crippen LogP contribution in [-0.2, 0) is 6.61 Å². The van der Waals surface area contributed by atoms with Gasteiger partial charge in [0.15, 0.2) is 0 Å². The average molecular weight is 378 g/mol. The van der Waals surface area contributed by atoms with Crippen molar-refractivity contribution in [2.45, 2.75) is 13.5 Å². The van der Waals surface area contributed by atoms with Crippen molar-refractivity contribution < 1.29 is 9.53 Å². The number of ether oxygens (including phenoxy) is 1. The predicted octanol–water partition coefficient (Wildman–Crippen LogP) is 2.98. The zero-order chi connectivity index (χ0) is 17.4. The number of rotatable bonds is 4. The van der Waals surface area contributed by atoms with Crippen LogP contribution in [-0.4, -0.2) is 42.0 Å². The van der Waals surface area contributed by atoms with E-state index in [0.29, 0.717) is 23.5 Å². The number of carbonyl (C=O) groups excluding carboxylic acids is 1. The van der Waals surface area contributed by atoms with E-state index in [1.54, 1.807) is 12.1 Å². The summed E-state index contributed by atoms with van der Waals surface area (Å²) in [5.74, 6) is 2.06. The second-order valence-electron chi connectivity index (χ2n) is 6.65. The molecule has 2 atom stereocenters. The number of thiazole rings is 1. The molecule has 2 aliphatic rings. The van der Waals surface area contributed by atoms with Crippen LogP contribution < -0.4 is 10.1 Å². The van der Waals surface area contributed by atoms with Crippen LogP contribution >= 0.6 is 22.9 Å². The van der Waals surface area contributed by atoms with Gasteiger partial charge in [0, 0.05) is 31.2 Å². The molecular weight excluding hydrogens is 358 g/mol. The van der Waals surface area contributed by atoms with Gasteiger partial charge >= 0.3 is 0 Å². The number of likely N-dealkylation sites (tertiary alicyclic amines) is 1. The van der Waals surface area contributed by atoms with Gasteiger partial charge in [-0.1, -0.05) is 11.6 Å². The zero-order valence-electron chi connectivity index (χ0n) is 14.0. The summed E-state index contributed by atoms with van der Waals surface area (Å²) < 4.78 is 5.74. The molecule has 0 bridgehead atoms. The first-order chi connectivity index (χ1) is 12.1. The van der Waals surface area contributed by atoms with E-state index in [2.05, 4.69) is 10.3 Å². The van der Waals surface area contributed by atoms with Crippen molar-refractivity contribution in [1.29, 1.82) is 0 Å². The highest BCUT2D eigenvalue weighted by Gasteiger charge is 2.39. The molecule has 2 aromatic rings. The first-order valence-corrected chi connectivity index (χ1v) is 9.64. The van der Waals surface area contributed by atoms with Crippen LogP contribution in [0.15, 0.2) is 24.3 Å². The Morgan fingerprint density at radius 3 is 2.68 bits per heavy atom. The lowest BCUT2D eigenvalue weighted by molar-refractivity contribution is 0.0785. The molecule has 1 amide bonds. The summed E-state index contributed by atoms with van der Waals surface area (Å²) >= 11 is 7.31. The van der Waals surface area contributed by atoms with Gasteiger partial charge < -0.3 is 15.0 Å². The molecule has 3 heterocycles. The van der Waals surface area contributed by atoms with Crippen LogP contribution in [0.4, 0.5) is 0 Å². The second kappa shape index (κ2) is 6.94. The van der Waals surface area contributed by atoms with Gasteiger partial charge in [0.05, 0.1) is 5.69 Å². The molecule has 7 heteroatoms. The van der Waals surface area contributed by atoms with Crippen LogP contribution in [0, 0.1) is 18.8 Å². The highest BCUT2D eigenvalue weighted by atomic mass is 35.5. The van der Waals surface area contributed by atoms with Crippen LogP contribution in [0.5, 0.6) is 5.75 Å². The number of nitrogens with zero attached hydrogens (tertiary/aromatic N) is 2. The maximum Gasteiger partial charge on any atom is 0.265 e. The molecule has 0 unspecified atom stereocenters. The molecule has 132 valence electrons. The fraction of sp³-hybridized carbons (Fsp3) is 0.444. The number of nitrogens with one attached hydrogen (secondary N) is 1. The summed E-state index contributed by atoms with van der Waals surface area (Å²) in [7, 11) is 0. The molecule has 2 saturated heterocycles. The Balaban J connectivity index is 1.41. The molecule has 4 rings (SSSR count). The van der Waals surface area contributed by atoms with Gasteiger partial charge in [-0.05, 0) is 43.0 Å². The number of hydrogen-bond donors (Lipinski definition) is 1. The number of benzene rings is 1. The molecule has 0 saturated carbocycles. The maximum atomic E-state index is 12.8. The van der Waals surface area contributed by atoms with Crippen LogP contribution in [0.3, 0.4) is 0 Å². The number of aryl methyl sites for hydroxylation is 1. The molecule has 0 aliphatic carbocycles. The van der Waals surface area contributed by atoms with E-state index in [1.165, 1.54) is 11.3 Å². The fourth-order valence-corrected chi connectivity index (χ4v) is 4.62. The summed E-state index contributed by atoms with van der Waals surface area (Å²) in [6.45, 7) is 6.01. The van der Waals surface area contributed by atoms with E-state index in [4.69, 9.17) is 16.3 Å². The first kappa shape index (κ1) is 16.8. The van der Waals surface area contributed by atoms with Crippen molar-refractivity contribution in [2.75, 3.05) is 26.2 Å². The van der Waals surface area contributed by atoms with Crippen LogP contribution in [0.2, 0.25) is 5.02 Å². The lowest BCUT2D eigenvalue weighted by Gasteiger charge is -2.16. The van der Waals surface area contributed by atoms with Crippen LogP contribution in [0.25, 0.3) is 0 Å². The maximum absolute atomic E-state index is 12.8. The minimum atomic E-state index is 0.113. The number of amides is 1. The predicted molar refractivity (Wildman–Crippen MR) is 98.4 cm³/mol. The van der Waals surface area contributed by atoms with E-state index in [0.717, 1.165) is 47.5 Å². The quantitative estimate of drug-likeness (QED) is 0.890. The van der Waals surface area contributed by atoms with E-state index >= 15 is 0 Å². The van der Waals surface area contributed by atoms with E-state index < -0.39 is 0 Å². The van der Waals surface area contributed by atoms with Crippen molar-refractivity contribution >= 4 is 28.8 Å². The van der Waals surface area contributed by atoms with Crippen molar-refractivity contribution in [3.63, 3.8) is 0 Å². The number of hydrogen-bond acceptors (Lipinski definition) is 5. The molecule has 2 fully saturated rings. The van der Waals surface area contributed by atoms with Gasteiger partial charge in [0.1, 0.15) is 22.2 Å². The molecule has 0 spiro atoms. The number of aromatic nitrogens is 1.